The third-order valence-electron chi connectivity index (χ3n) is 2.34. The zero-order chi connectivity index (χ0) is 12.7. The van der Waals surface area contributed by atoms with Crippen LogP contribution in [0.2, 0.25) is 5.02 Å². The van der Waals surface area contributed by atoms with Crippen LogP contribution in [0.15, 0.2) is 18.2 Å². The fraction of sp³-hybridized carbons (Fsp3) is 0.417. The van der Waals surface area contributed by atoms with E-state index in [4.69, 9.17) is 29.6 Å². The van der Waals surface area contributed by atoms with Crippen LogP contribution in [0.3, 0.4) is 0 Å². The third kappa shape index (κ3) is 5.15. The summed E-state index contributed by atoms with van der Waals surface area (Å²) in [5.41, 5.74) is 7.44. The number of benzene rings is 1. The molecule has 0 amide bonds. The predicted molar refractivity (Wildman–Crippen MR) is 83.4 cm³/mol. The lowest BCUT2D eigenvalue weighted by Gasteiger charge is -2.11. The van der Waals surface area contributed by atoms with E-state index in [1.165, 1.54) is 12.2 Å². The summed E-state index contributed by atoms with van der Waals surface area (Å²) in [4.78, 5) is 0.397. The minimum Gasteiger partial charge on any atom is -0.389 e. The minimum atomic E-state index is 0.397. The molecule has 0 atom stereocenters. The van der Waals surface area contributed by atoms with Gasteiger partial charge >= 0.3 is 0 Å². The molecule has 0 aliphatic rings. The Balaban J connectivity index is 2.56. The van der Waals surface area contributed by atoms with Gasteiger partial charge in [0.25, 0.3) is 0 Å². The molecule has 1 rings (SSSR count). The Labute approximate surface area is 117 Å². The van der Waals surface area contributed by atoms with Crippen molar-refractivity contribution < 1.29 is 0 Å². The van der Waals surface area contributed by atoms with E-state index >= 15 is 0 Å². The zero-order valence-corrected chi connectivity index (χ0v) is 12.2. The van der Waals surface area contributed by atoms with Crippen molar-refractivity contribution in [3.05, 3.63) is 28.8 Å². The van der Waals surface area contributed by atoms with Crippen LogP contribution in [0.4, 0.5) is 5.69 Å². The number of unbranched alkanes of at least 4 members (excludes halogenated alkanes) is 1. The van der Waals surface area contributed by atoms with Crippen molar-refractivity contribution in [3.8, 4) is 0 Å². The van der Waals surface area contributed by atoms with E-state index in [0.29, 0.717) is 10.0 Å². The maximum atomic E-state index is 5.96. The van der Waals surface area contributed by atoms with Gasteiger partial charge < -0.3 is 11.1 Å². The van der Waals surface area contributed by atoms with Crippen LogP contribution in [-0.2, 0) is 0 Å². The molecule has 0 bridgehead atoms. The summed E-state index contributed by atoms with van der Waals surface area (Å²) in [5.74, 6) is 1.19. The molecule has 2 nitrogen and oxygen atoms in total. The second-order valence-electron chi connectivity index (χ2n) is 3.68. The highest BCUT2D eigenvalue weighted by atomic mass is 35.5. The Kier molecular flexibility index (Phi) is 6.70. The van der Waals surface area contributed by atoms with Crippen molar-refractivity contribution >= 4 is 46.3 Å². The average Bonchev–Trinajstić information content (AvgIpc) is 2.28. The van der Waals surface area contributed by atoms with E-state index < -0.39 is 0 Å². The molecule has 1 aromatic carbocycles. The molecule has 0 saturated carbocycles. The van der Waals surface area contributed by atoms with Crippen LogP contribution in [0, 0.1) is 0 Å². The van der Waals surface area contributed by atoms with Gasteiger partial charge in [0.2, 0.25) is 0 Å². The van der Waals surface area contributed by atoms with Crippen LogP contribution >= 0.6 is 35.6 Å². The average molecular weight is 289 g/mol. The van der Waals surface area contributed by atoms with Crippen molar-refractivity contribution in [2.75, 3.05) is 23.9 Å². The second kappa shape index (κ2) is 7.80. The van der Waals surface area contributed by atoms with Gasteiger partial charge in [-0.3, -0.25) is 0 Å². The van der Waals surface area contributed by atoms with Gasteiger partial charge in [-0.15, -0.1) is 0 Å². The molecule has 1 aromatic rings. The summed E-state index contributed by atoms with van der Waals surface area (Å²) in [5, 5.41) is 4.02. The molecule has 0 aromatic heterocycles. The van der Waals surface area contributed by atoms with E-state index in [1.807, 2.05) is 23.9 Å². The van der Waals surface area contributed by atoms with Gasteiger partial charge in [0.1, 0.15) is 4.99 Å². The van der Waals surface area contributed by atoms with E-state index in [-0.39, 0.29) is 0 Å². The summed E-state index contributed by atoms with van der Waals surface area (Å²) in [7, 11) is 0. The fourth-order valence-electron chi connectivity index (χ4n) is 1.47. The molecule has 0 unspecified atom stereocenters. The van der Waals surface area contributed by atoms with Gasteiger partial charge in [-0.2, -0.15) is 11.8 Å². The fourth-order valence-corrected chi connectivity index (χ4v) is 2.31. The van der Waals surface area contributed by atoms with Gasteiger partial charge in [0, 0.05) is 22.8 Å². The summed E-state index contributed by atoms with van der Waals surface area (Å²) >= 11 is 12.8. The van der Waals surface area contributed by atoms with Gasteiger partial charge in [0.15, 0.2) is 0 Å². The lowest BCUT2D eigenvalue weighted by molar-refractivity contribution is 0.843. The molecular formula is C12H17ClN2S2. The number of rotatable bonds is 7. The highest BCUT2D eigenvalue weighted by Gasteiger charge is 2.05. The lowest BCUT2D eigenvalue weighted by atomic mass is 10.1. The molecule has 17 heavy (non-hydrogen) atoms. The van der Waals surface area contributed by atoms with Gasteiger partial charge in [-0.25, -0.2) is 0 Å². The largest absolute Gasteiger partial charge is 0.389 e. The van der Waals surface area contributed by atoms with Gasteiger partial charge in [-0.1, -0.05) is 23.8 Å². The Morgan fingerprint density at radius 1 is 1.47 bits per heavy atom. The molecule has 94 valence electrons. The third-order valence-corrected chi connectivity index (χ3v) is 3.49. The number of thiocarbonyl (C=S) groups is 1. The van der Waals surface area contributed by atoms with Crippen molar-refractivity contribution in [1.29, 1.82) is 0 Å². The van der Waals surface area contributed by atoms with Crippen molar-refractivity contribution in [2.45, 2.75) is 12.8 Å². The van der Waals surface area contributed by atoms with Crippen molar-refractivity contribution in [3.63, 3.8) is 0 Å². The Hall–Kier alpha value is -0.450. The quantitative estimate of drug-likeness (QED) is 0.595. The number of hydrogen-bond acceptors (Lipinski definition) is 3. The normalized spacial score (nSPS) is 10.2. The Morgan fingerprint density at radius 2 is 2.24 bits per heavy atom. The molecule has 0 fully saturated rings. The molecule has 0 spiro atoms. The van der Waals surface area contributed by atoms with E-state index in [2.05, 4.69) is 11.6 Å². The van der Waals surface area contributed by atoms with Crippen LogP contribution < -0.4 is 11.1 Å². The monoisotopic (exact) mass is 288 g/mol. The molecule has 0 aliphatic heterocycles. The molecule has 0 aliphatic carbocycles. The molecule has 3 N–H and O–H groups in total. The first-order valence-corrected chi connectivity index (χ1v) is 7.65. The molecule has 0 heterocycles. The SMILES string of the molecule is CSCCCCNc1cc(Cl)ccc1C(N)=S. The van der Waals surface area contributed by atoms with E-state index in [9.17, 15) is 0 Å². The highest BCUT2D eigenvalue weighted by Crippen LogP contribution is 2.21. The van der Waals surface area contributed by atoms with Gasteiger partial charge in [-0.05, 0) is 43.0 Å². The molecular weight excluding hydrogens is 272 g/mol. The molecule has 0 saturated heterocycles. The topological polar surface area (TPSA) is 38.0 Å². The lowest BCUT2D eigenvalue weighted by Crippen LogP contribution is -2.13. The maximum Gasteiger partial charge on any atom is 0.106 e. The number of nitrogens with one attached hydrogen (secondary N) is 1. The number of halogens is 1. The highest BCUT2D eigenvalue weighted by molar-refractivity contribution is 7.98. The van der Waals surface area contributed by atoms with Crippen LogP contribution in [0.5, 0.6) is 0 Å². The zero-order valence-electron chi connectivity index (χ0n) is 9.83. The van der Waals surface area contributed by atoms with Gasteiger partial charge in [0.05, 0.1) is 0 Å². The molecule has 0 radical (unpaired) electrons. The number of thioether (sulfide) groups is 1. The summed E-state index contributed by atoms with van der Waals surface area (Å²) in [6.45, 7) is 0.913. The number of anilines is 1. The number of hydrogen-bond donors (Lipinski definition) is 2. The summed E-state index contributed by atoms with van der Waals surface area (Å²) < 4.78 is 0. The first kappa shape index (κ1) is 14.6. The van der Waals surface area contributed by atoms with Crippen molar-refractivity contribution in [2.24, 2.45) is 5.73 Å². The summed E-state index contributed by atoms with van der Waals surface area (Å²) in [6, 6.07) is 5.52. The predicted octanol–water partition coefficient (Wildman–Crippen LogP) is 3.53. The van der Waals surface area contributed by atoms with E-state index in [1.54, 1.807) is 6.07 Å². The van der Waals surface area contributed by atoms with E-state index in [0.717, 1.165) is 24.2 Å². The van der Waals surface area contributed by atoms with Crippen molar-refractivity contribution in [1.82, 2.24) is 0 Å². The van der Waals surface area contributed by atoms with Crippen LogP contribution in [-0.4, -0.2) is 23.5 Å². The smallest absolute Gasteiger partial charge is 0.106 e. The summed E-state index contributed by atoms with van der Waals surface area (Å²) in [6.07, 6.45) is 4.45. The standard InChI is InChI=1S/C12H17ClN2S2/c1-17-7-3-2-6-15-11-8-9(13)4-5-10(11)12(14)16/h4-5,8,15H,2-3,6-7H2,1H3,(H2,14,16). The first-order valence-electron chi connectivity index (χ1n) is 5.47. The van der Waals surface area contributed by atoms with Crippen LogP contribution in [0.1, 0.15) is 18.4 Å². The molecule has 5 heteroatoms. The number of nitrogens with two attached hydrogens (primary N) is 1. The minimum absolute atomic E-state index is 0.397. The first-order chi connectivity index (χ1) is 8.15. The second-order valence-corrected chi connectivity index (χ2v) is 5.54. The van der Waals surface area contributed by atoms with Crippen LogP contribution in [0.25, 0.3) is 0 Å². The Bertz CT molecular complexity index is 383. The maximum absolute atomic E-state index is 5.96. The Morgan fingerprint density at radius 3 is 2.88 bits per heavy atom.